The van der Waals surface area contributed by atoms with Gasteiger partial charge < -0.3 is 0 Å². The quantitative estimate of drug-likeness (QED) is 0.833. The van der Waals surface area contributed by atoms with E-state index < -0.39 is 0 Å². The fraction of sp³-hybridized carbons (Fsp3) is 0.167. The third kappa shape index (κ3) is 3.89. The Morgan fingerprint density at radius 2 is 2.00 bits per heavy atom. The summed E-state index contributed by atoms with van der Waals surface area (Å²) in [6, 6.07) is 14.6. The Bertz CT molecular complexity index is 815. The molecule has 6 heteroatoms. The second-order valence-corrected chi connectivity index (χ2v) is 6.54. The SMILES string of the molecule is Cc1cccc(C(=O)NC2=NC(c3ccc(Br)cc3)CC(=O)N2)c1. The van der Waals surface area contributed by atoms with Gasteiger partial charge in [0.1, 0.15) is 0 Å². The summed E-state index contributed by atoms with van der Waals surface area (Å²) in [7, 11) is 0. The van der Waals surface area contributed by atoms with Crippen LogP contribution in [-0.4, -0.2) is 17.8 Å². The zero-order chi connectivity index (χ0) is 17.1. The maximum Gasteiger partial charge on any atom is 0.257 e. The molecule has 1 unspecified atom stereocenters. The van der Waals surface area contributed by atoms with E-state index in [2.05, 4.69) is 31.6 Å². The highest BCUT2D eigenvalue weighted by atomic mass is 79.9. The smallest absolute Gasteiger partial charge is 0.257 e. The molecule has 3 rings (SSSR count). The van der Waals surface area contributed by atoms with Gasteiger partial charge in [-0.05, 0) is 36.8 Å². The van der Waals surface area contributed by atoms with Gasteiger partial charge in [-0.15, -0.1) is 0 Å². The lowest BCUT2D eigenvalue weighted by atomic mass is 10.0. The molecule has 0 aromatic heterocycles. The van der Waals surface area contributed by atoms with Gasteiger partial charge in [0.05, 0.1) is 12.5 Å². The average molecular weight is 386 g/mol. The molecule has 2 amide bonds. The second kappa shape index (κ2) is 6.97. The standard InChI is InChI=1S/C18H16BrN3O2/c1-11-3-2-4-13(9-11)17(24)22-18-20-15(10-16(23)21-18)12-5-7-14(19)8-6-12/h2-9,15H,10H2,1H3,(H2,20,21,22,23,24). The molecule has 5 nitrogen and oxygen atoms in total. The monoisotopic (exact) mass is 385 g/mol. The van der Waals surface area contributed by atoms with Crippen LogP contribution in [0.15, 0.2) is 58.0 Å². The zero-order valence-electron chi connectivity index (χ0n) is 13.0. The first-order valence-electron chi connectivity index (χ1n) is 7.52. The Morgan fingerprint density at radius 3 is 2.71 bits per heavy atom. The number of benzene rings is 2. The van der Waals surface area contributed by atoms with Crippen molar-refractivity contribution < 1.29 is 9.59 Å². The van der Waals surface area contributed by atoms with Gasteiger partial charge in [0.15, 0.2) is 0 Å². The topological polar surface area (TPSA) is 70.6 Å². The third-order valence-electron chi connectivity index (χ3n) is 3.69. The number of guanidine groups is 1. The van der Waals surface area contributed by atoms with Crippen molar-refractivity contribution in [3.05, 3.63) is 69.7 Å². The van der Waals surface area contributed by atoms with Gasteiger partial charge in [0.2, 0.25) is 11.9 Å². The number of aliphatic imine (C=N–C) groups is 1. The summed E-state index contributed by atoms with van der Waals surface area (Å²) < 4.78 is 0.962. The first-order valence-corrected chi connectivity index (χ1v) is 8.32. The number of halogens is 1. The van der Waals surface area contributed by atoms with Crippen LogP contribution in [0.5, 0.6) is 0 Å². The number of hydrogen-bond acceptors (Lipinski definition) is 3. The van der Waals surface area contributed by atoms with E-state index in [0.29, 0.717) is 5.56 Å². The number of carbonyl (C=O) groups is 2. The van der Waals surface area contributed by atoms with Crippen LogP contribution in [-0.2, 0) is 4.79 Å². The van der Waals surface area contributed by atoms with Gasteiger partial charge >= 0.3 is 0 Å². The largest absolute Gasteiger partial charge is 0.296 e. The molecule has 0 radical (unpaired) electrons. The van der Waals surface area contributed by atoms with Gasteiger partial charge in [-0.25, -0.2) is 4.99 Å². The van der Waals surface area contributed by atoms with Crippen LogP contribution in [0.3, 0.4) is 0 Å². The molecule has 24 heavy (non-hydrogen) atoms. The van der Waals surface area contributed by atoms with E-state index in [1.807, 2.05) is 43.3 Å². The lowest BCUT2D eigenvalue weighted by molar-refractivity contribution is -0.120. The second-order valence-electron chi connectivity index (χ2n) is 5.62. The minimum Gasteiger partial charge on any atom is -0.296 e. The fourth-order valence-corrected chi connectivity index (χ4v) is 2.76. The average Bonchev–Trinajstić information content (AvgIpc) is 2.55. The van der Waals surface area contributed by atoms with Crippen molar-refractivity contribution >= 4 is 33.7 Å². The number of hydrogen-bond donors (Lipinski definition) is 2. The first-order chi connectivity index (χ1) is 11.5. The molecule has 0 spiro atoms. The van der Waals surface area contributed by atoms with Gasteiger partial charge in [-0.2, -0.15) is 0 Å². The number of nitrogens with zero attached hydrogens (tertiary/aromatic N) is 1. The lowest BCUT2D eigenvalue weighted by Crippen LogP contribution is -2.47. The summed E-state index contributed by atoms with van der Waals surface area (Å²) in [5.74, 6) is -0.280. The maximum absolute atomic E-state index is 12.3. The van der Waals surface area contributed by atoms with Crippen LogP contribution >= 0.6 is 15.9 Å². The van der Waals surface area contributed by atoms with Crippen molar-refractivity contribution in [2.24, 2.45) is 4.99 Å². The van der Waals surface area contributed by atoms with Crippen LogP contribution in [0.25, 0.3) is 0 Å². The van der Waals surface area contributed by atoms with E-state index >= 15 is 0 Å². The molecule has 1 aliphatic heterocycles. The highest BCUT2D eigenvalue weighted by molar-refractivity contribution is 9.10. The van der Waals surface area contributed by atoms with Crippen molar-refractivity contribution in [1.82, 2.24) is 10.6 Å². The summed E-state index contributed by atoms with van der Waals surface area (Å²) in [4.78, 5) is 28.7. The van der Waals surface area contributed by atoms with E-state index in [1.54, 1.807) is 12.1 Å². The number of amides is 2. The Kier molecular flexibility index (Phi) is 4.76. The molecular formula is C18H16BrN3O2. The van der Waals surface area contributed by atoms with Crippen LogP contribution in [0.4, 0.5) is 0 Å². The normalized spacial score (nSPS) is 17.0. The molecular weight excluding hydrogens is 370 g/mol. The van der Waals surface area contributed by atoms with Gasteiger partial charge in [0.25, 0.3) is 5.91 Å². The van der Waals surface area contributed by atoms with Crippen molar-refractivity contribution in [2.75, 3.05) is 0 Å². The Hall–Kier alpha value is -2.47. The molecule has 0 aliphatic carbocycles. The molecule has 122 valence electrons. The number of rotatable bonds is 2. The van der Waals surface area contributed by atoms with Gasteiger partial charge in [-0.1, -0.05) is 45.8 Å². The number of carbonyl (C=O) groups excluding carboxylic acids is 2. The Labute approximate surface area is 148 Å². The highest BCUT2D eigenvalue weighted by Gasteiger charge is 2.23. The van der Waals surface area contributed by atoms with E-state index in [-0.39, 0.29) is 30.2 Å². The minimum absolute atomic E-state index is 0.169. The summed E-state index contributed by atoms with van der Waals surface area (Å²) in [6.07, 6.45) is 0.255. The summed E-state index contributed by atoms with van der Waals surface area (Å²) in [5.41, 5.74) is 2.44. The summed E-state index contributed by atoms with van der Waals surface area (Å²) in [5, 5.41) is 5.29. The van der Waals surface area contributed by atoms with E-state index in [1.165, 1.54) is 0 Å². The van der Waals surface area contributed by atoms with E-state index in [4.69, 9.17) is 0 Å². The number of aryl methyl sites for hydroxylation is 1. The molecule has 2 aromatic rings. The first kappa shape index (κ1) is 16.4. The van der Waals surface area contributed by atoms with Crippen LogP contribution in [0.2, 0.25) is 0 Å². The third-order valence-corrected chi connectivity index (χ3v) is 4.22. The lowest BCUT2D eigenvalue weighted by Gasteiger charge is -2.21. The van der Waals surface area contributed by atoms with Crippen LogP contribution < -0.4 is 10.6 Å². The predicted octanol–water partition coefficient (Wildman–Crippen LogP) is 3.10. The molecule has 0 fully saturated rings. The van der Waals surface area contributed by atoms with Gasteiger partial charge in [-0.3, -0.25) is 20.2 Å². The summed E-state index contributed by atoms with van der Waals surface area (Å²) >= 11 is 3.39. The molecule has 1 atom stereocenters. The van der Waals surface area contributed by atoms with E-state index in [9.17, 15) is 9.59 Å². The van der Waals surface area contributed by atoms with Crippen LogP contribution in [0, 0.1) is 6.92 Å². The molecule has 0 saturated carbocycles. The molecule has 2 aromatic carbocycles. The molecule has 0 saturated heterocycles. The maximum atomic E-state index is 12.3. The highest BCUT2D eigenvalue weighted by Crippen LogP contribution is 2.24. The van der Waals surface area contributed by atoms with Crippen LogP contribution in [0.1, 0.15) is 33.9 Å². The van der Waals surface area contributed by atoms with Crippen molar-refractivity contribution in [1.29, 1.82) is 0 Å². The summed E-state index contributed by atoms with van der Waals surface area (Å²) in [6.45, 7) is 1.92. The van der Waals surface area contributed by atoms with Gasteiger partial charge in [0, 0.05) is 10.0 Å². The van der Waals surface area contributed by atoms with E-state index in [0.717, 1.165) is 15.6 Å². The predicted molar refractivity (Wildman–Crippen MR) is 95.7 cm³/mol. The Morgan fingerprint density at radius 1 is 1.25 bits per heavy atom. The Balaban J connectivity index is 1.80. The van der Waals surface area contributed by atoms with Crippen molar-refractivity contribution in [3.8, 4) is 0 Å². The van der Waals surface area contributed by atoms with Crippen molar-refractivity contribution in [2.45, 2.75) is 19.4 Å². The molecule has 0 bridgehead atoms. The number of nitrogens with one attached hydrogen (secondary N) is 2. The fourth-order valence-electron chi connectivity index (χ4n) is 2.50. The minimum atomic E-state index is -0.306. The van der Waals surface area contributed by atoms with Crippen molar-refractivity contribution in [3.63, 3.8) is 0 Å². The zero-order valence-corrected chi connectivity index (χ0v) is 14.6. The molecule has 2 N–H and O–H groups in total. The molecule has 1 heterocycles. The molecule has 1 aliphatic rings.